The van der Waals surface area contributed by atoms with Crippen molar-refractivity contribution in [3.8, 4) is 5.75 Å². The Kier molecular flexibility index (Phi) is 6.50. The van der Waals surface area contributed by atoms with Gasteiger partial charge in [0.05, 0.1) is 28.7 Å². The van der Waals surface area contributed by atoms with Crippen LogP contribution in [0.4, 0.5) is 0 Å². The predicted octanol–water partition coefficient (Wildman–Crippen LogP) is 4.19. The fraction of sp³-hybridized carbons (Fsp3) is 0.250. The van der Waals surface area contributed by atoms with Crippen molar-refractivity contribution in [2.24, 2.45) is 0 Å². The van der Waals surface area contributed by atoms with Crippen LogP contribution in [0.3, 0.4) is 0 Å². The fourth-order valence-electron chi connectivity index (χ4n) is 2.61. The van der Waals surface area contributed by atoms with E-state index in [1.165, 1.54) is 35.9 Å². The number of benzene rings is 1. The summed E-state index contributed by atoms with van der Waals surface area (Å²) >= 11 is 2.57. The molecule has 2 heterocycles. The van der Waals surface area contributed by atoms with Crippen molar-refractivity contribution in [2.75, 3.05) is 26.9 Å². The second-order valence-corrected chi connectivity index (χ2v) is 7.78. The van der Waals surface area contributed by atoms with Crippen molar-refractivity contribution >= 4 is 60.1 Å². The Hall–Kier alpha value is -2.91. The highest BCUT2D eigenvalue weighted by Crippen LogP contribution is 2.47. The van der Waals surface area contributed by atoms with Gasteiger partial charge in [-0.05, 0) is 19.1 Å². The van der Waals surface area contributed by atoms with E-state index in [4.69, 9.17) is 18.9 Å². The van der Waals surface area contributed by atoms with Gasteiger partial charge in [0.1, 0.15) is 6.61 Å². The number of carbonyl (C=O) groups excluding carboxylic acids is 3. The van der Waals surface area contributed by atoms with E-state index in [1.54, 1.807) is 25.1 Å². The largest absolute Gasteiger partial charge is 0.479 e. The van der Waals surface area contributed by atoms with E-state index in [1.807, 2.05) is 0 Å². The standard InChI is InChI=1S/C20H18O7S2/c1-4-8-26-19(22)11-6-7-12-13(9-11)28-17-15(27-10-14(21)25-5-2)18(20(23)24-3)29-16(12)17/h4,6-7,9H,1,5,8,10H2,2-3H3. The first-order chi connectivity index (χ1) is 14.0. The van der Waals surface area contributed by atoms with Crippen LogP contribution in [0.5, 0.6) is 5.75 Å². The van der Waals surface area contributed by atoms with Crippen LogP contribution in [0, 0.1) is 0 Å². The van der Waals surface area contributed by atoms with Gasteiger partial charge < -0.3 is 18.9 Å². The molecule has 0 saturated heterocycles. The third-order valence-corrected chi connectivity index (χ3v) is 6.30. The summed E-state index contributed by atoms with van der Waals surface area (Å²) in [6.45, 7) is 5.26. The average Bonchev–Trinajstić information content (AvgIpc) is 3.25. The van der Waals surface area contributed by atoms with Crippen LogP contribution < -0.4 is 4.74 Å². The fourth-order valence-corrected chi connectivity index (χ4v) is 5.23. The van der Waals surface area contributed by atoms with Gasteiger partial charge in [-0.2, -0.15) is 0 Å². The summed E-state index contributed by atoms with van der Waals surface area (Å²) in [7, 11) is 1.28. The molecule has 0 aliphatic rings. The molecule has 0 spiro atoms. The van der Waals surface area contributed by atoms with E-state index in [2.05, 4.69) is 6.58 Å². The quantitative estimate of drug-likeness (QED) is 0.298. The zero-order valence-electron chi connectivity index (χ0n) is 15.8. The molecule has 0 radical (unpaired) electrons. The van der Waals surface area contributed by atoms with Crippen LogP contribution >= 0.6 is 22.7 Å². The van der Waals surface area contributed by atoms with E-state index >= 15 is 0 Å². The highest BCUT2D eigenvalue weighted by molar-refractivity contribution is 7.34. The average molecular weight is 434 g/mol. The molecule has 3 aromatic rings. The smallest absolute Gasteiger partial charge is 0.351 e. The van der Waals surface area contributed by atoms with Gasteiger partial charge >= 0.3 is 17.9 Å². The summed E-state index contributed by atoms with van der Waals surface area (Å²) in [6, 6.07) is 5.19. The third-order valence-electron chi connectivity index (χ3n) is 3.84. The number of hydrogen-bond acceptors (Lipinski definition) is 9. The summed E-state index contributed by atoms with van der Waals surface area (Å²) in [5.74, 6) is -1.24. The van der Waals surface area contributed by atoms with Crippen LogP contribution in [0.1, 0.15) is 27.0 Å². The highest BCUT2D eigenvalue weighted by Gasteiger charge is 2.25. The van der Waals surface area contributed by atoms with Gasteiger partial charge in [0.15, 0.2) is 17.2 Å². The zero-order valence-corrected chi connectivity index (χ0v) is 17.4. The van der Waals surface area contributed by atoms with E-state index < -0.39 is 17.9 Å². The number of rotatable bonds is 8. The van der Waals surface area contributed by atoms with Crippen molar-refractivity contribution in [2.45, 2.75) is 6.92 Å². The van der Waals surface area contributed by atoms with Crippen LogP contribution in [0.15, 0.2) is 30.9 Å². The monoisotopic (exact) mass is 434 g/mol. The van der Waals surface area contributed by atoms with Gasteiger partial charge in [0.2, 0.25) is 0 Å². The Morgan fingerprint density at radius 2 is 1.90 bits per heavy atom. The summed E-state index contributed by atoms with van der Waals surface area (Å²) in [4.78, 5) is 36.2. The Labute approximate surface area is 174 Å². The molecule has 0 atom stereocenters. The maximum Gasteiger partial charge on any atom is 0.351 e. The zero-order chi connectivity index (χ0) is 21.0. The molecule has 0 aliphatic carbocycles. The SMILES string of the molecule is C=CCOC(=O)c1ccc2c(c1)sc1c(OCC(=O)OCC)c(C(=O)OC)sc12. The number of hydrogen-bond donors (Lipinski definition) is 0. The molecule has 2 aromatic heterocycles. The summed E-state index contributed by atoms with van der Waals surface area (Å²) in [5, 5.41) is 0.867. The molecule has 0 bridgehead atoms. The Morgan fingerprint density at radius 3 is 2.59 bits per heavy atom. The highest BCUT2D eigenvalue weighted by atomic mass is 32.1. The summed E-state index contributed by atoms with van der Waals surface area (Å²) in [6.07, 6.45) is 1.50. The maximum absolute atomic E-state index is 12.2. The molecule has 29 heavy (non-hydrogen) atoms. The van der Waals surface area contributed by atoms with Crippen molar-refractivity contribution in [3.05, 3.63) is 41.3 Å². The molecule has 0 unspecified atom stereocenters. The molecular formula is C20H18O7S2. The second-order valence-electron chi connectivity index (χ2n) is 5.70. The molecular weight excluding hydrogens is 416 g/mol. The second kappa shape index (κ2) is 9.06. The number of esters is 3. The summed E-state index contributed by atoms with van der Waals surface area (Å²) in [5.41, 5.74) is 0.412. The molecule has 0 saturated carbocycles. The van der Waals surface area contributed by atoms with Crippen molar-refractivity contribution in [3.63, 3.8) is 0 Å². The third kappa shape index (κ3) is 4.25. The van der Waals surface area contributed by atoms with Crippen LogP contribution in [0.25, 0.3) is 19.5 Å². The Bertz CT molecular complexity index is 1090. The van der Waals surface area contributed by atoms with E-state index in [0.29, 0.717) is 10.3 Å². The van der Waals surface area contributed by atoms with Gasteiger partial charge in [0, 0.05) is 10.1 Å². The first-order valence-electron chi connectivity index (χ1n) is 8.63. The minimum Gasteiger partial charge on any atom is -0.479 e. The van der Waals surface area contributed by atoms with Crippen LogP contribution in [-0.4, -0.2) is 44.8 Å². The van der Waals surface area contributed by atoms with Gasteiger partial charge in [-0.15, -0.1) is 22.7 Å². The number of carbonyl (C=O) groups is 3. The Morgan fingerprint density at radius 1 is 1.10 bits per heavy atom. The van der Waals surface area contributed by atoms with Gasteiger partial charge in [-0.3, -0.25) is 0 Å². The van der Waals surface area contributed by atoms with Crippen molar-refractivity contribution < 1.29 is 33.3 Å². The predicted molar refractivity (Wildman–Crippen MR) is 111 cm³/mol. The molecule has 0 fully saturated rings. The number of thiophene rings is 2. The van der Waals surface area contributed by atoms with Crippen molar-refractivity contribution in [1.29, 1.82) is 0 Å². The molecule has 7 nitrogen and oxygen atoms in total. The molecule has 1 aromatic carbocycles. The van der Waals surface area contributed by atoms with Gasteiger partial charge in [-0.1, -0.05) is 18.7 Å². The first-order valence-corrected chi connectivity index (χ1v) is 10.3. The van der Waals surface area contributed by atoms with Gasteiger partial charge in [0.25, 0.3) is 0 Å². The maximum atomic E-state index is 12.2. The Balaban J connectivity index is 2.03. The van der Waals surface area contributed by atoms with Crippen LogP contribution in [-0.2, 0) is 19.0 Å². The van der Waals surface area contributed by atoms with Crippen LogP contribution in [0.2, 0.25) is 0 Å². The number of ether oxygens (including phenoxy) is 4. The minimum atomic E-state index is -0.546. The lowest BCUT2D eigenvalue weighted by Gasteiger charge is -2.06. The molecule has 3 rings (SSSR count). The molecule has 0 N–H and O–H groups in total. The number of methoxy groups -OCH3 is 1. The topological polar surface area (TPSA) is 88.1 Å². The normalized spacial score (nSPS) is 10.7. The molecule has 152 valence electrons. The minimum absolute atomic E-state index is 0.130. The number of fused-ring (bicyclic) bond motifs is 3. The lowest BCUT2D eigenvalue weighted by atomic mass is 10.2. The molecule has 0 amide bonds. The molecule has 9 heteroatoms. The van der Waals surface area contributed by atoms with E-state index in [9.17, 15) is 14.4 Å². The van der Waals surface area contributed by atoms with E-state index in [0.717, 1.165) is 14.8 Å². The van der Waals surface area contributed by atoms with E-state index in [-0.39, 0.29) is 30.4 Å². The van der Waals surface area contributed by atoms with Crippen molar-refractivity contribution in [1.82, 2.24) is 0 Å². The molecule has 0 aliphatic heterocycles. The summed E-state index contributed by atoms with van der Waals surface area (Å²) < 4.78 is 22.8. The first kappa shape index (κ1) is 20.8. The lowest BCUT2D eigenvalue weighted by Crippen LogP contribution is -2.15. The lowest BCUT2D eigenvalue weighted by molar-refractivity contribution is -0.145. The van der Waals surface area contributed by atoms with Gasteiger partial charge in [-0.25, -0.2) is 14.4 Å².